The van der Waals surface area contributed by atoms with Gasteiger partial charge in [0.1, 0.15) is 0 Å². The molecule has 0 aliphatic carbocycles. The minimum atomic E-state index is -0.790. The molecule has 4 amide bonds. The number of carbonyl (C=O) groups is 3. The number of halogens is 1. The predicted octanol–water partition coefficient (Wildman–Crippen LogP) is 4.58. The molecular formula is C24H22ClN3O6. The number of urea groups is 1. The van der Waals surface area contributed by atoms with Crippen LogP contribution in [0.4, 0.5) is 16.2 Å². The Kier molecular flexibility index (Phi) is 7.94. The molecule has 3 rings (SSSR count). The van der Waals surface area contributed by atoms with Gasteiger partial charge in [0, 0.05) is 16.8 Å². The van der Waals surface area contributed by atoms with Crippen LogP contribution >= 0.6 is 11.6 Å². The van der Waals surface area contributed by atoms with Gasteiger partial charge in [-0.2, -0.15) is 0 Å². The first-order valence-corrected chi connectivity index (χ1v) is 10.3. The maximum atomic E-state index is 12.6. The van der Waals surface area contributed by atoms with E-state index < -0.39 is 11.9 Å². The SMILES string of the molecule is COc1cc(C(=O)NC(=O)Nc2ccc(Cl)c(NC(=O)c3ccccc3)c2)cc(OC)c1OC. The van der Waals surface area contributed by atoms with Gasteiger partial charge in [0.15, 0.2) is 11.5 Å². The van der Waals surface area contributed by atoms with Crippen LogP contribution in [0.15, 0.2) is 60.7 Å². The Morgan fingerprint density at radius 2 is 1.38 bits per heavy atom. The summed E-state index contributed by atoms with van der Waals surface area (Å²) >= 11 is 6.18. The molecule has 3 aromatic rings. The Labute approximate surface area is 201 Å². The standard InChI is InChI=1S/C24H22ClN3O6/c1-32-19-11-15(12-20(33-2)21(19)34-3)23(30)28-24(31)26-16-9-10-17(25)18(13-16)27-22(29)14-7-5-4-6-8-14/h4-13H,1-3H3,(H,27,29)(H2,26,28,30,31). The molecule has 0 bridgehead atoms. The van der Waals surface area contributed by atoms with E-state index in [0.29, 0.717) is 22.7 Å². The second-order valence-electron chi connectivity index (χ2n) is 6.84. The maximum Gasteiger partial charge on any atom is 0.326 e. The van der Waals surface area contributed by atoms with Gasteiger partial charge < -0.3 is 24.8 Å². The van der Waals surface area contributed by atoms with Crippen molar-refractivity contribution in [2.24, 2.45) is 0 Å². The predicted molar refractivity (Wildman–Crippen MR) is 128 cm³/mol. The number of imide groups is 1. The number of anilines is 2. The van der Waals surface area contributed by atoms with E-state index in [1.54, 1.807) is 30.3 Å². The van der Waals surface area contributed by atoms with Crippen molar-refractivity contribution in [1.29, 1.82) is 0 Å². The summed E-state index contributed by atoms with van der Waals surface area (Å²) < 4.78 is 15.7. The molecule has 10 heteroatoms. The molecule has 3 N–H and O–H groups in total. The van der Waals surface area contributed by atoms with E-state index in [1.807, 2.05) is 0 Å². The number of rotatable bonds is 7. The van der Waals surface area contributed by atoms with E-state index in [-0.39, 0.29) is 28.0 Å². The van der Waals surface area contributed by atoms with Gasteiger partial charge in [-0.3, -0.25) is 14.9 Å². The zero-order valence-electron chi connectivity index (χ0n) is 18.6. The molecule has 0 radical (unpaired) electrons. The molecule has 0 unspecified atom stereocenters. The van der Waals surface area contributed by atoms with Gasteiger partial charge in [-0.25, -0.2) is 4.79 Å². The molecule has 9 nitrogen and oxygen atoms in total. The van der Waals surface area contributed by atoms with Gasteiger partial charge in [-0.05, 0) is 42.5 Å². The van der Waals surface area contributed by atoms with Crippen LogP contribution in [0.1, 0.15) is 20.7 Å². The van der Waals surface area contributed by atoms with E-state index in [1.165, 1.54) is 51.7 Å². The Balaban J connectivity index is 1.71. The van der Waals surface area contributed by atoms with Crippen LogP contribution < -0.4 is 30.2 Å². The Hall–Kier alpha value is -4.24. The highest BCUT2D eigenvalue weighted by molar-refractivity contribution is 6.34. The lowest BCUT2D eigenvalue weighted by molar-refractivity contribution is 0.0965. The molecule has 0 heterocycles. The Morgan fingerprint density at radius 1 is 0.735 bits per heavy atom. The normalized spacial score (nSPS) is 10.1. The molecule has 0 spiro atoms. The van der Waals surface area contributed by atoms with Crippen LogP contribution in [-0.4, -0.2) is 39.2 Å². The molecule has 0 saturated carbocycles. The molecule has 0 atom stereocenters. The fraction of sp³-hybridized carbons (Fsp3) is 0.125. The average Bonchev–Trinajstić information content (AvgIpc) is 2.85. The largest absolute Gasteiger partial charge is 0.493 e. The van der Waals surface area contributed by atoms with E-state index in [9.17, 15) is 14.4 Å². The maximum absolute atomic E-state index is 12.6. The third-order valence-corrected chi connectivity index (χ3v) is 4.99. The van der Waals surface area contributed by atoms with Crippen molar-refractivity contribution in [3.63, 3.8) is 0 Å². The van der Waals surface area contributed by atoms with Gasteiger partial charge in [0.2, 0.25) is 5.75 Å². The van der Waals surface area contributed by atoms with Crippen molar-refractivity contribution in [1.82, 2.24) is 5.32 Å². The zero-order valence-corrected chi connectivity index (χ0v) is 19.4. The summed E-state index contributed by atoms with van der Waals surface area (Å²) in [7, 11) is 4.27. The molecule has 0 aliphatic heterocycles. The lowest BCUT2D eigenvalue weighted by Crippen LogP contribution is -2.34. The minimum Gasteiger partial charge on any atom is -0.493 e. The second kappa shape index (κ2) is 11.1. The highest BCUT2D eigenvalue weighted by Gasteiger charge is 2.19. The topological polar surface area (TPSA) is 115 Å². The summed E-state index contributed by atoms with van der Waals surface area (Å²) in [6.07, 6.45) is 0. The summed E-state index contributed by atoms with van der Waals surface area (Å²) in [5, 5.41) is 7.73. The van der Waals surface area contributed by atoms with Gasteiger partial charge in [0.05, 0.1) is 32.0 Å². The summed E-state index contributed by atoms with van der Waals surface area (Å²) in [5.74, 6) is -0.199. The van der Waals surface area contributed by atoms with Crippen LogP contribution in [0.2, 0.25) is 5.02 Å². The summed E-state index contributed by atoms with van der Waals surface area (Å²) in [6.45, 7) is 0. The van der Waals surface area contributed by atoms with Gasteiger partial charge in [0.25, 0.3) is 11.8 Å². The number of amides is 4. The van der Waals surface area contributed by atoms with E-state index in [0.717, 1.165) is 0 Å². The van der Waals surface area contributed by atoms with E-state index >= 15 is 0 Å². The molecule has 0 fully saturated rings. The highest BCUT2D eigenvalue weighted by atomic mass is 35.5. The monoisotopic (exact) mass is 483 g/mol. The first-order valence-electron chi connectivity index (χ1n) is 9.94. The number of ether oxygens (including phenoxy) is 3. The Bertz CT molecular complexity index is 1190. The average molecular weight is 484 g/mol. The van der Waals surface area contributed by atoms with Gasteiger partial charge in [-0.1, -0.05) is 29.8 Å². The highest BCUT2D eigenvalue weighted by Crippen LogP contribution is 2.38. The molecule has 176 valence electrons. The van der Waals surface area contributed by atoms with Crippen molar-refractivity contribution in [2.75, 3.05) is 32.0 Å². The van der Waals surface area contributed by atoms with E-state index in [4.69, 9.17) is 25.8 Å². The van der Waals surface area contributed by atoms with Crippen molar-refractivity contribution in [3.8, 4) is 17.2 Å². The van der Waals surface area contributed by atoms with Crippen LogP contribution in [-0.2, 0) is 0 Å². The number of hydrogen-bond acceptors (Lipinski definition) is 6. The molecule has 0 aromatic heterocycles. The number of benzene rings is 3. The lowest BCUT2D eigenvalue weighted by atomic mass is 10.1. The van der Waals surface area contributed by atoms with Gasteiger partial charge in [-0.15, -0.1) is 0 Å². The van der Waals surface area contributed by atoms with Crippen molar-refractivity contribution in [3.05, 3.63) is 76.8 Å². The third-order valence-electron chi connectivity index (χ3n) is 4.66. The number of nitrogens with one attached hydrogen (secondary N) is 3. The number of methoxy groups -OCH3 is 3. The van der Waals surface area contributed by atoms with Crippen molar-refractivity contribution >= 4 is 40.8 Å². The quantitative estimate of drug-likeness (QED) is 0.453. The molecule has 3 aromatic carbocycles. The fourth-order valence-corrected chi connectivity index (χ4v) is 3.20. The van der Waals surface area contributed by atoms with Crippen LogP contribution in [0.25, 0.3) is 0 Å². The molecule has 0 aliphatic rings. The molecule has 0 saturated heterocycles. The van der Waals surface area contributed by atoms with Gasteiger partial charge >= 0.3 is 6.03 Å². The first-order chi connectivity index (χ1) is 16.4. The second-order valence-corrected chi connectivity index (χ2v) is 7.24. The fourth-order valence-electron chi connectivity index (χ4n) is 3.03. The summed E-state index contributed by atoms with van der Waals surface area (Å²) in [5.41, 5.74) is 1.18. The van der Waals surface area contributed by atoms with Crippen LogP contribution in [0.5, 0.6) is 17.2 Å². The van der Waals surface area contributed by atoms with Crippen LogP contribution in [0, 0.1) is 0 Å². The summed E-state index contributed by atoms with van der Waals surface area (Å²) in [6, 6.07) is 15.2. The molecule has 34 heavy (non-hydrogen) atoms. The first kappa shape index (κ1) is 24.4. The van der Waals surface area contributed by atoms with Crippen molar-refractivity contribution < 1.29 is 28.6 Å². The minimum absolute atomic E-state index is 0.122. The zero-order chi connectivity index (χ0) is 24.7. The lowest BCUT2D eigenvalue weighted by Gasteiger charge is -2.14. The third kappa shape index (κ3) is 5.76. The number of carbonyl (C=O) groups excluding carboxylic acids is 3. The van der Waals surface area contributed by atoms with E-state index in [2.05, 4.69) is 16.0 Å². The number of hydrogen-bond donors (Lipinski definition) is 3. The summed E-state index contributed by atoms with van der Waals surface area (Å²) in [4.78, 5) is 37.4. The van der Waals surface area contributed by atoms with Crippen molar-refractivity contribution in [2.45, 2.75) is 0 Å². The Morgan fingerprint density at radius 3 is 1.97 bits per heavy atom. The van der Waals surface area contributed by atoms with Crippen LogP contribution in [0.3, 0.4) is 0 Å². The molecular weight excluding hydrogens is 462 g/mol. The smallest absolute Gasteiger partial charge is 0.326 e.